The number of rotatable bonds is 2. The van der Waals surface area contributed by atoms with Crippen LogP contribution < -0.4 is 0 Å². The van der Waals surface area contributed by atoms with E-state index in [4.69, 9.17) is 0 Å². The quantitative estimate of drug-likeness (QED) is 0.719. The zero-order valence-electron chi connectivity index (χ0n) is 16.1. The van der Waals surface area contributed by atoms with Crippen LogP contribution in [0, 0.1) is 32.5 Å². The summed E-state index contributed by atoms with van der Waals surface area (Å²) < 4.78 is 0. The minimum atomic E-state index is -0.690. The van der Waals surface area contributed by atoms with Crippen LogP contribution in [0.4, 0.5) is 0 Å². The summed E-state index contributed by atoms with van der Waals surface area (Å²) in [7, 11) is 0. The number of carboxylic acid groups (broad SMARTS) is 1. The Morgan fingerprint density at radius 3 is 1.10 bits per heavy atom. The molecule has 0 aromatic heterocycles. The molecule has 0 aromatic rings. The maximum atomic E-state index is 11.6. The van der Waals surface area contributed by atoms with E-state index >= 15 is 0 Å². The lowest BCUT2D eigenvalue weighted by Crippen LogP contribution is -2.71. The van der Waals surface area contributed by atoms with Gasteiger partial charge in [-0.15, -0.1) is 0 Å². The predicted molar refractivity (Wildman–Crippen MR) is 89.3 cm³/mol. The Kier molecular flexibility index (Phi) is 3.76. The first-order chi connectivity index (χ1) is 8.92. The normalized spacial score (nSPS) is 30.6. The van der Waals surface area contributed by atoms with Gasteiger partial charge in [-0.1, -0.05) is 76.2 Å². The molecule has 0 heterocycles. The molecular formula is C19H36O2. The highest BCUT2D eigenvalue weighted by atomic mass is 16.4. The molecule has 0 spiro atoms. The van der Waals surface area contributed by atoms with Crippen molar-refractivity contribution < 1.29 is 9.90 Å². The Morgan fingerprint density at radius 2 is 0.857 bits per heavy atom. The van der Waals surface area contributed by atoms with Gasteiger partial charge in [-0.25, -0.2) is 0 Å². The molecule has 0 unspecified atom stereocenters. The Bertz CT molecular complexity index is 420. The molecule has 1 N–H and O–H groups in total. The van der Waals surface area contributed by atoms with E-state index in [1.165, 1.54) is 0 Å². The Hall–Kier alpha value is -0.530. The van der Waals surface area contributed by atoms with Gasteiger partial charge >= 0.3 is 5.97 Å². The molecule has 0 bridgehead atoms. The van der Waals surface area contributed by atoms with Gasteiger partial charge in [-0.3, -0.25) is 4.79 Å². The van der Waals surface area contributed by atoms with Gasteiger partial charge in [0.2, 0.25) is 0 Å². The molecular weight excluding hydrogens is 260 g/mol. The minimum absolute atomic E-state index is 0.0171. The molecule has 1 aliphatic rings. The first-order valence-electron chi connectivity index (χ1n) is 8.13. The second-order valence-corrected chi connectivity index (χ2v) is 10.0. The first-order valence-corrected chi connectivity index (χ1v) is 8.13. The Labute approximate surface area is 131 Å². The van der Waals surface area contributed by atoms with Crippen molar-refractivity contribution in [2.24, 2.45) is 32.5 Å². The van der Waals surface area contributed by atoms with Crippen molar-refractivity contribution >= 4 is 5.97 Å². The second kappa shape index (κ2) is 4.26. The van der Waals surface area contributed by atoms with Gasteiger partial charge in [0.25, 0.3) is 0 Å². The average molecular weight is 296 g/mol. The molecule has 2 heteroatoms. The van der Waals surface area contributed by atoms with Crippen molar-refractivity contribution in [1.82, 2.24) is 0 Å². The van der Waals surface area contributed by atoms with Gasteiger partial charge in [0.15, 0.2) is 0 Å². The average Bonchev–Trinajstić information content (AvgIpc) is 2.25. The molecule has 1 fully saturated rings. The predicted octanol–water partition coefficient (Wildman–Crippen LogP) is 5.61. The fraction of sp³-hybridized carbons (Fsp3) is 0.947. The lowest BCUT2D eigenvalue weighted by Gasteiger charge is -2.77. The van der Waals surface area contributed by atoms with Crippen molar-refractivity contribution in [3.05, 3.63) is 0 Å². The van der Waals surface area contributed by atoms with E-state index in [-0.39, 0.29) is 38.9 Å². The van der Waals surface area contributed by atoms with Crippen LogP contribution in [0.25, 0.3) is 0 Å². The maximum Gasteiger partial charge on any atom is 0.303 e. The summed E-state index contributed by atoms with van der Waals surface area (Å²) >= 11 is 0. The van der Waals surface area contributed by atoms with Crippen molar-refractivity contribution in [3.8, 4) is 0 Å². The minimum Gasteiger partial charge on any atom is -0.481 e. The number of aliphatic carboxylic acids is 1. The van der Waals surface area contributed by atoms with Gasteiger partial charge in [0, 0.05) is 0 Å². The highest BCUT2D eigenvalue weighted by molar-refractivity contribution is 5.68. The van der Waals surface area contributed by atoms with Crippen LogP contribution in [0.3, 0.4) is 0 Å². The van der Waals surface area contributed by atoms with Crippen LogP contribution in [-0.2, 0) is 4.79 Å². The summed E-state index contributed by atoms with van der Waals surface area (Å²) in [6, 6.07) is 0. The standard InChI is InChI=1S/C19H36O2/c1-14(2)15(3,4)17(7,8)19(11,12-13(20)21)18(9,10)16(14,5)6/h12H2,1-11H3,(H,20,21). The molecule has 1 rings (SSSR count). The van der Waals surface area contributed by atoms with Crippen molar-refractivity contribution in [3.63, 3.8) is 0 Å². The number of hydrogen-bond donors (Lipinski definition) is 1. The number of hydrogen-bond acceptors (Lipinski definition) is 1. The molecule has 0 aliphatic heterocycles. The highest BCUT2D eigenvalue weighted by Gasteiger charge is 2.73. The molecule has 0 saturated heterocycles. The van der Waals surface area contributed by atoms with Gasteiger partial charge in [-0.05, 0) is 32.5 Å². The third-order valence-corrected chi connectivity index (χ3v) is 9.51. The van der Waals surface area contributed by atoms with Crippen LogP contribution >= 0.6 is 0 Å². The van der Waals surface area contributed by atoms with Gasteiger partial charge in [0.05, 0.1) is 6.42 Å². The van der Waals surface area contributed by atoms with Crippen LogP contribution in [0.2, 0.25) is 0 Å². The van der Waals surface area contributed by atoms with Crippen molar-refractivity contribution in [1.29, 1.82) is 0 Å². The SMILES string of the molecule is CC1(C)C(C)(C)C(C)(C)C(C)(CC(=O)O)C(C)(C)C1(C)C. The Balaban J connectivity index is 3.78. The monoisotopic (exact) mass is 296 g/mol. The molecule has 124 valence electrons. The molecule has 0 aromatic carbocycles. The Morgan fingerprint density at radius 1 is 0.619 bits per heavy atom. The topological polar surface area (TPSA) is 37.3 Å². The summed E-state index contributed by atoms with van der Waals surface area (Å²) in [6.45, 7) is 25.3. The fourth-order valence-electron chi connectivity index (χ4n) is 5.25. The lowest BCUT2D eigenvalue weighted by atomic mass is 9.27. The van der Waals surface area contributed by atoms with Crippen LogP contribution in [-0.4, -0.2) is 11.1 Å². The molecule has 0 amide bonds. The summed E-state index contributed by atoms with van der Waals surface area (Å²) in [6.07, 6.45) is 0.218. The van der Waals surface area contributed by atoms with E-state index in [0.29, 0.717) is 0 Å². The largest absolute Gasteiger partial charge is 0.481 e. The number of carbonyl (C=O) groups is 1. The molecule has 1 saturated carbocycles. The summed E-state index contributed by atoms with van der Waals surface area (Å²) in [5, 5.41) is 9.57. The zero-order chi connectivity index (χ0) is 17.3. The number of carboxylic acids is 1. The van der Waals surface area contributed by atoms with Crippen LogP contribution in [0.15, 0.2) is 0 Å². The van der Waals surface area contributed by atoms with E-state index in [1.54, 1.807) is 0 Å². The summed E-state index contributed by atoms with van der Waals surface area (Å²) in [4.78, 5) is 11.6. The van der Waals surface area contributed by atoms with Gasteiger partial charge < -0.3 is 5.11 Å². The first kappa shape index (κ1) is 18.5. The van der Waals surface area contributed by atoms with Gasteiger partial charge in [0.1, 0.15) is 0 Å². The van der Waals surface area contributed by atoms with Crippen molar-refractivity contribution in [2.45, 2.75) is 82.6 Å². The fourth-order valence-corrected chi connectivity index (χ4v) is 5.25. The molecule has 2 nitrogen and oxygen atoms in total. The van der Waals surface area contributed by atoms with Crippen LogP contribution in [0.1, 0.15) is 82.6 Å². The molecule has 0 radical (unpaired) electrons. The second-order valence-electron chi connectivity index (χ2n) is 10.0. The lowest BCUT2D eigenvalue weighted by molar-refractivity contribution is -0.290. The van der Waals surface area contributed by atoms with E-state index < -0.39 is 5.97 Å². The third kappa shape index (κ3) is 1.74. The zero-order valence-corrected chi connectivity index (χ0v) is 16.1. The highest BCUT2D eigenvalue weighted by Crippen LogP contribution is 2.78. The molecule has 21 heavy (non-hydrogen) atoms. The van der Waals surface area contributed by atoms with Gasteiger partial charge in [-0.2, -0.15) is 0 Å². The van der Waals surface area contributed by atoms with Crippen molar-refractivity contribution in [2.75, 3.05) is 0 Å². The third-order valence-electron chi connectivity index (χ3n) is 9.51. The van der Waals surface area contributed by atoms with Crippen LogP contribution in [0.5, 0.6) is 0 Å². The van der Waals surface area contributed by atoms with E-state index in [9.17, 15) is 9.90 Å². The summed E-state index contributed by atoms with van der Waals surface area (Å²) in [5.41, 5.74) is -0.354. The molecule has 1 aliphatic carbocycles. The van der Waals surface area contributed by atoms with E-state index in [2.05, 4.69) is 76.2 Å². The molecule has 0 atom stereocenters. The maximum absolute atomic E-state index is 11.6. The van der Waals surface area contributed by atoms with E-state index in [1.807, 2.05) is 0 Å². The smallest absolute Gasteiger partial charge is 0.303 e. The summed E-state index contributed by atoms with van der Waals surface area (Å²) in [5.74, 6) is -0.690. The van der Waals surface area contributed by atoms with E-state index in [0.717, 1.165) is 0 Å².